The van der Waals surface area contributed by atoms with Gasteiger partial charge in [-0.2, -0.15) is 0 Å². The van der Waals surface area contributed by atoms with Gasteiger partial charge in [0.05, 0.1) is 5.92 Å². The van der Waals surface area contributed by atoms with Gasteiger partial charge in [-0.1, -0.05) is 48.5 Å². The Labute approximate surface area is 182 Å². The highest BCUT2D eigenvalue weighted by Gasteiger charge is 2.29. The summed E-state index contributed by atoms with van der Waals surface area (Å²) in [6.07, 6.45) is 5.65. The lowest BCUT2D eigenvalue weighted by Crippen LogP contribution is -2.40. The molecule has 1 atom stereocenters. The fraction of sp³-hybridized carbons (Fsp3) is 0.259. The predicted octanol–water partition coefficient (Wildman–Crippen LogP) is 5.74. The lowest BCUT2D eigenvalue weighted by molar-refractivity contribution is -0.133. The smallest absolute Gasteiger partial charge is 0.229 e. The summed E-state index contributed by atoms with van der Waals surface area (Å²) in [5.41, 5.74) is 6.01. The van der Waals surface area contributed by atoms with Gasteiger partial charge in [0.1, 0.15) is 0 Å². The van der Waals surface area contributed by atoms with Crippen molar-refractivity contribution >= 4 is 16.8 Å². The van der Waals surface area contributed by atoms with E-state index in [9.17, 15) is 4.79 Å². The van der Waals surface area contributed by atoms with Gasteiger partial charge in [0.25, 0.3) is 0 Å². The highest BCUT2D eigenvalue weighted by atomic mass is 16.2. The number of nitrogens with zero attached hydrogens (tertiary/aromatic N) is 2. The Hall–Kier alpha value is -3.40. The van der Waals surface area contributed by atoms with E-state index in [4.69, 9.17) is 0 Å². The summed E-state index contributed by atoms with van der Waals surface area (Å²) in [7, 11) is 0. The second-order valence-electron chi connectivity index (χ2n) is 8.43. The maximum Gasteiger partial charge on any atom is 0.229 e. The van der Waals surface area contributed by atoms with Crippen LogP contribution in [0.1, 0.15) is 42.9 Å². The molecule has 1 amide bonds. The van der Waals surface area contributed by atoms with Crippen molar-refractivity contribution in [2.45, 2.75) is 31.6 Å². The summed E-state index contributed by atoms with van der Waals surface area (Å²) in [6.45, 7) is 3.61. The number of likely N-dealkylation sites (tertiary alicyclic amines) is 1. The number of hydrogen-bond acceptors (Lipinski definition) is 2. The van der Waals surface area contributed by atoms with Crippen LogP contribution >= 0.6 is 0 Å². The van der Waals surface area contributed by atoms with Crippen molar-refractivity contribution in [3.05, 3.63) is 90.4 Å². The number of para-hydroxylation sites is 1. The standard InChI is InChI=1S/C27H27N3O/c1-19(20-7-3-2-4-8-20)27(31)30-17-13-22(14-18-30)26-25(21-11-15-28-16-12-21)23-9-5-6-10-24(23)29-26/h2-12,15-16,19,22,29H,13-14,17-18H2,1H3/t19-/m0/s1. The Morgan fingerprint density at radius 2 is 1.65 bits per heavy atom. The van der Waals surface area contributed by atoms with E-state index in [0.29, 0.717) is 5.92 Å². The van der Waals surface area contributed by atoms with Crippen LogP contribution in [0.2, 0.25) is 0 Å². The number of aromatic amines is 1. The minimum Gasteiger partial charge on any atom is -0.358 e. The van der Waals surface area contributed by atoms with Gasteiger partial charge in [-0.25, -0.2) is 0 Å². The van der Waals surface area contributed by atoms with E-state index in [-0.39, 0.29) is 11.8 Å². The molecule has 0 radical (unpaired) electrons. The number of aromatic nitrogens is 2. The molecule has 2 aromatic carbocycles. The third-order valence-corrected chi connectivity index (χ3v) is 6.59. The molecule has 0 bridgehead atoms. The zero-order valence-electron chi connectivity index (χ0n) is 17.8. The van der Waals surface area contributed by atoms with Gasteiger partial charge in [-0.15, -0.1) is 0 Å². The average Bonchev–Trinajstić information content (AvgIpc) is 3.24. The number of fused-ring (bicyclic) bond motifs is 1. The summed E-state index contributed by atoms with van der Waals surface area (Å²) >= 11 is 0. The van der Waals surface area contributed by atoms with Crippen LogP contribution in [0.5, 0.6) is 0 Å². The van der Waals surface area contributed by atoms with Gasteiger partial charge in [-0.05, 0) is 49.1 Å². The number of hydrogen-bond donors (Lipinski definition) is 1. The minimum absolute atomic E-state index is 0.0989. The maximum atomic E-state index is 13.1. The van der Waals surface area contributed by atoms with E-state index in [1.165, 1.54) is 27.7 Å². The molecule has 156 valence electrons. The Balaban J connectivity index is 1.38. The van der Waals surface area contributed by atoms with E-state index >= 15 is 0 Å². The number of H-pyrrole nitrogens is 1. The number of nitrogens with one attached hydrogen (secondary N) is 1. The molecule has 4 nitrogen and oxygen atoms in total. The van der Waals surface area contributed by atoms with Gasteiger partial charge in [0, 0.05) is 53.6 Å². The Kier molecular flexibility index (Phi) is 5.29. The number of carbonyl (C=O) groups is 1. The van der Waals surface area contributed by atoms with E-state index in [1.54, 1.807) is 0 Å². The van der Waals surface area contributed by atoms with E-state index < -0.39 is 0 Å². The van der Waals surface area contributed by atoms with Crippen molar-refractivity contribution in [1.29, 1.82) is 0 Å². The summed E-state index contributed by atoms with van der Waals surface area (Å²) in [6, 6.07) is 22.7. The summed E-state index contributed by atoms with van der Waals surface area (Å²) in [4.78, 5) is 23.0. The second-order valence-corrected chi connectivity index (χ2v) is 8.43. The van der Waals surface area contributed by atoms with Gasteiger partial charge in [0.2, 0.25) is 5.91 Å². The van der Waals surface area contributed by atoms with Crippen LogP contribution in [0.25, 0.3) is 22.0 Å². The molecule has 3 heterocycles. The zero-order chi connectivity index (χ0) is 21.2. The molecule has 5 rings (SSSR count). The molecule has 1 aliphatic rings. The first-order valence-corrected chi connectivity index (χ1v) is 11.1. The molecule has 1 fully saturated rings. The second kappa shape index (κ2) is 8.38. The Bertz CT molecular complexity index is 1180. The van der Waals surface area contributed by atoms with Crippen LogP contribution in [0.3, 0.4) is 0 Å². The minimum atomic E-state index is -0.0989. The summed E-state index contributed by atoms with van der Waals surface area (Å²) in [5.74, 6) is 0.542. The number of rotatable bonds is 4. The van der Waals surface area contributed by atoms with Crippen LogP contribution in [0, 0.1) is 0 Å². The fourth-order valence-electron chi connectivity index (χ4n) is 4.85. The lowest BCUT2D eigenvalue weighted by Gasteiger charge is -2.34. The van der Waals surface area contributed by atoms with Crippen LogP contribution < -0.4 is 0 Å². The van der Waals surface area contributed by atoms with Crippen molar-refractivity contribution in [3.63, 3.8) is 0 Å². The van der Waals surface area contributed by atoms with E-state index in [2.05, 4.69) is 46.4 Å². The van der Waals surface area contributed by atoms with Crippen LogP contribution in [0.15, 0.2) is 79.1 Å². The Morgan fingerprint density at radius 1 is 0.968 bits per heavy atom. The van der Waals surface area contributed by atoms with Crippen molar-refractivity contribution in [2.75, 3.05) is 13.1 Å². The third-order valence-electron chi connectivity index (χ3n) is 6.59. The highest BCUT2D eigenvalue weighted by molar-refractivity contribution is 5.97. The molecular weight excluding hydrogens is 382 g/mol. The number of pyridine rings is 1. The Morgan fingerprint density at radius 3 is 2.39 bits per heavy atom. The maximum absolute atomic E-state index is 13.1. The summed E-state index contributed by atoms with van der Waals surface area (Å²) in [5, 5.41) is 1.25. The van der Waals surface area contributed by atoms with Crippen LogP contribution in [-0.4, -0.2) is 33.9 Å². The first kappa shape index (κ1) is 19.6. The number of carbonyl (C=O) groups excluding carboxylic acids is 1. The third kappa shape index (κ3) is 3.74. The summed E-state index contributed by atoms with van der Waals surface area (Å²) < 4.78 is 0. The van der Waals surface area contributed by atoms with Gasteiger partial charge < -0.3 is 9.88 Å². The molecule has 0 saturated carbocycles. The van der Waals surface area contributed by atoms with Crippen molar-refractivity contribution < 1.29 is 4.79 Å². The molecular formula is C27H27N3O. The van der Waals surface area contributed by atoms with Gasteiger partial charge in [0.15, 0.2) is 0 Å². The molecule has 1 N–H and O–H groups in total. The molecule has 0 spiro atoms. The number of piperidine rings is 1. The molecule has 31 heavy (non-hydrogen) atoms. The van der Waals surface area contributed by atoms with Crippen LogP contribution in [-0.2, 0) is 4.79 Å². The first-order chi connectivity index (χ1) is 15.2. The fourth-order valence-corrected chi connectivity index (χ4v) is 4.85. The molecule has 4 heteroatoms. The number of amides is 1. The molecule has 1 saturated heterocycles. The van der Waals surface area contributed by atoms with Crippen LogP contribution in [0.4, 0.5) is 0 Å². The van der Waals surface area contributed by atoms with Gasteiger partial charge in [-0.3, -0.25) is 9.78 Å². The highest BCUT2D eigenvalue weighted by Crippen LogP contribution is 2.40. The van der Waals surface area contributed by atoms with E-state index in [1.807, 2.05) is 54.5 Å². The van der Waals surface area contributed by atoms with Gasteiger partial charge >= 0.3 is 0 Å². The quantitative estimate of drug-likeness (QED) is 0.467. The zero-order valence-corrected chi connectivity index (χ0v) is 17.8. The molecule has 4 aromatic rings. The molecule has 1 aliphatic heterocycles. The molecule has 0 aliphatic carbocycles. The van der Waals surface area contributed by atoms with Crippen molar-refractivity contribution in [3.8, 4) is 11.1 Å². The SMILES string of the molecule is C[C@H](C(=O)N1CCC(c2[nH]c3ccccc3c2-c2ccncc2)CC1)c1ccccc1. The monoisotopic (exact) mass is 409 g/mol. The first-order valence-electron chi connectivity index (χ1n) is 11.1. The molecule has 2 aromatic heterocycles. The lowest BCUT2D eigenvalue weighted by atomic mass is 9.88. The normalized spacial score (nSPS) is 15.8. The average molecular weight is 410 g/mol. The number of benzene rings is 2. The van der Waals surface area contributed by atoms with Crippen molar-refractivity contribution in [2.24, 2.45) is 0 Å². The molecule has 0 unspecified atom stereocenters. The van der Waals surface area contributed by atoms with Crippen molar-refractivity contribution in [1.82, 2.24) is 14.9 Å². The largest absolute Gasteiger partial charge is 0.358 e. The van der Waals surface area contributed by atoms with E-state index in [0.717, 1.165) is 31.5 Å². The predicted molar refractivity (Wildman–Crippen MR) is 125 cm³/mol. The topological polar surface area (TPSA) is 49.0 Å².